The average molecular weight is 374 g/mol. The van der Waals surface area contributed by atoms with Gasteiger partial charge in [0.05, 0.1) is 6.21 Å². The molecule has 2 heteroatoms. The summed E-state index contributed by atoms with van der Waals surface area (Å²) in [5.41, 5.74) is 6.04. The van der Waals surface area contributed by atoms with E-state index in [-0.39, 0.29) is 0 Å². The number of nitrogens with zero attached hydrogens (tertiary/aromatic N) is 2. The van der Waals surface area contributed by atoms with E-state index in [2.05, 4.69) is 97.8 Å². The van der Waals surface area contributed by atoms with Gasteiger partial charge in [0.15, 0.2) is 0 Å². The van der Waals surface area contributed by atoms with Crippen LogP contribution in [0.25, 0.3) is 32.7 Å². The molecule has 0 atom stereocenters. The first-order valence-corrected chi connectivity index (χ1v) is 9.91. The molecule has 0 aliphatic rings. The Kier molecular flexibility index (Phi) is 4.25. The fourth-order valence-electron chi connectivity index (χ4n) is 4.08. The highest BCUT2D eigenvalue weighted by Crippen LogP contribution is 2.38. The maximum absolute atomic E-state index is 4.65. The summed E-state index contributed by atoms with van der Waals surface area (Å²) >= 11 is 0. The molecule has 29 heavy (non-hydrogen) atoms. The Balaban J connectivity index is 1.75. The van der Waals surface area contributed by atoms with Gasteiger partial charge in [-0.3, -0.25) is 0 Å². The Morgan fingerprint density at radius 2 is 1.41 bits per heavy atom. The second kappa shape index (κ2) is 7.06. The maximum Gasteiger partial charge on any atom is 0.0553 e. The summed E-state index contributed by atoms with van der Waals surface area (Å²) in [5.74, 6) is 0. The molecule has 0 fully saturated rings. The van der Waals surface area contributed by atoms with Crippen LogP contribution in [0.15, 0.2) is 96.2 Å². The molecule has 0 radical (unpaired) electrons. The van der Waals surface area contributed by atoms with Gasteiger partial charge in [-0.15, -0.1) is 0 Å². The van der Waals surface area contributed by atoms with Crippen molar-refractivity contribution in [2.45, 2.75) is 13.8 Å². The molecule has 0 amide bonds. The molecule has 1 aromatic heterocycles. The highest BCUT2D eigenvalue weighted by molar-refractivity contribution is 6.13. The molecule has 140 valence electrons. The fraction of sp³-hybridized carbons (Fsp3) is 0.0741. The van der Waals surface area contributed by atoms with Crippen LogP contribution in [-0.2, 0) is 0 Å². The molecule has 5 rings (SSSR count). The number of benzene rings is 4. The van der Waals surface area contributed by atoms with Crippen LogP contribution < -0.4 is 0 Å². The van der Waals surface area contributed by atoms with Crippen molar-refractivity contribution in [3.8, 4) is 11.1 Å². The van der Waals surface area contributed by atoms with Gasteiger partial charge in [0.2, 0.25) is 0 Å². The zero-order valence-electron chi connectivity index (χ0n) is 16.6. The lowest BCUT2D eigenvalue weighted by Crippen LogP contribution is -1.96. The van der Waals surface area contributed by atoms with Crippen molar-refractivity contribution >= 4 is 27.8 Å². The van der Waals surface area contributed by atoms with Gasteiger partial charge in [0, 0.05) is 11.9 Å². The molecule has 0 spiro atoms. The summed E-state index contributed by atoms with van der Waals surface area (Å²) in [6, 6.07) is 30.1. The molecule has 0 saturated heterocycles. The van der Waals surface area contributed by atoms with Crippen molar-refractivity contribution in [1.29, 1.82) is 0 Å². The largest absolute Gasteiger partial charge is 0.245 e. The average Bonchev–Trinajstić information content (AvgIpc) is 3.16. The van der Waals surface area contributed by atoms with Crippen molar-refractivity contribution < 1.29 is 0 Å². The monoisotopic (exact) mass is 374 g/mol. The van der Waals surface area contributed by atoms with Crippen LogP contribution in [0.4, 0.5) is 0 Å². The molecular weight excluding hydrogens is 352 g/mol. The van der Waals surface area contributed by atoms with Gasteiger partial charge < -0.3 is 0 Å². The van der Waals surface area contributed by atoms with E-state index < -0.39 is 0 Å². The van der Waals surface area contributed by atoms with Crippen molar-refractivity contribution in [2.24, 2.45) is 5.10 Å². The smallest absolute Gasteiger partial charge is 0.0553 e. The second-order valence-corrected chi connectivity index (χ2v) is 7.45. The first-order valence-electron chi connectivity index (χ1n) is 9.91. The van der Waals surface area contributed by atoms with Crippen molar-refractivity contribution in [3.05, 3.63) is 108 Å². The Hall–Kier alpha value is -3.65. The van der Waals surface area contributed by atoms with Crippen LogP contribution in [0.1, 0.15) is 16.8 Å². The quantitative estimate of drug-likeness (QED) is 0.240. The molecule has 0 bridgehead atoms. The molecule has 5 aromatic rings. The van der Waals surface area contributed by atoms with E-state index in [0.717, 1.165) is 11.3 Å². The minimum Gasteiger partial charge on any atom is -0.245 e. The van der Waals surface area contributed by atoms with Gasteiger partial charge in [-0.25, -0.2) is 4.68 Å². The van der Waals surface area contributed by atoms with Crippen molar-refractivity contribution in [1.82, 2.24) is 4.68 Å². The van der Waals surface area contributed by atoms with E-state index in [4.69, 9.17) is 0 Å². The summed E-state index contributed by atoms with van der Waals surface area (Å²) < 4.78 is 1.90. The minimum absolute atomic E-state index is 1.12. The van der Waals surface area contributed by atoms with Gasteiger partial charge in [0.1, 0.15) is 0 Å². The van der Waals surface area contributed by atoms with Crippen LogP contribution in [0, 0.1) is 13.8 Å². The number of rotatable bonds is 3. The fourth-order valence-corrected chi connectivity index (χ4v) is 4.08. The molecule has 0 aliphatic heterocycles. The van der Waals surface area contributed by atoms with Crippen molar-refractivity contribution in [3.63, 3.8) is 0 Å². The Morgan fingerprint density at radius 3 is 2.07 bits per heavy atom. The van der Waals surface area contributed by atoms with Crippen LogP contribution in [0.5, 0.6) is 0 Å². The molecule has 0 aliphatic carbocycles. The second-order valence-electron chi connectivity index (χ2n) is 7.45. The third-order valence-electron chi connectivity index (χ3n) is 5.66. The van der Waals surface area contributed by atoms with E-state index in [1.165, 1.54) is 38.2 Å². The van der Waals surface area contributed by atoms with E-state index in [1.807, 2.05) is 23.2 Å². The standard InChI is InChI=1S/C27H22N2/c1-19-9-8-16-29(19)28-18-23-12-7-15-24(20(23)2)27-25-13-5-3-10-21(25)17-22-11-4-6-14-26(22)27/h3-18H,1-2H3/b28-18+. The lowest BCUT2D eigenvalue weighted by Gasteiger charge is -2.15. The highest BCUT2D eigenvalue weighted by atomic mass is 15.3. The summed E-state index contributed by atoms with van der Waals surface area (Å²) in [7, 11) is 0. The Bertz CT molecular complexity index is 1320. The van der Waals surface area contributed by atoms with E-state index >= 15 is 0 Å². The lowest BCUT2D eigenvalue weighted by molar-refractivity contribution is 0.853. The van der Waals surface area contributed by atoms with Crippen LogP contribution in [-0.4, -0.2) is 10.9 Å². The van der Waals surface area contributed by atoms with Gasteiger partial charge in [-0.1, -0.05) is 66.7 Å². The summed E-state index contributed by atoms with van der Waals surface area (Å²) in [4.78, 5) is 0. The van der Waals surface area contributed by atoms with E-state index in [9.17, 15) is 0 Å². The first-order chi connectivity index (χ1) is 14.2. The topological polar surface area (TPSA) is 17.3 Å². The lowest BCUT2D eigenvalue weighted by atomic mass is 9.89. The number of fused-ring (bicyclic) bond motifs is 2. The highest BCUT2D eigenvalue weighted by Gasteiger charge is 2.13. The van der Waals surface area contributed by atoms with Crippen LogP contribution >= 0.6 is 0 Å². The molecule has 0 saturated carbocycles. The Labute approximate surface area is 170 Å². The maximum atomic E-state index is 4.65. The Morgan fingerprint density at radius 1 is 0.724 bits per heavy atom. The molecular formula is C27H22N2. The summed E-state index contributed by atoms with van der Waals surface area (Å²) in [6.07, 6.45) is 3.93. The van der Waals surface area contributed by atoms with Gasteiger partial charge in [-0.2, -0.15) is 5.10 Å². The predicted molar refractivity (Wildman–Crippen MR) is 124 cm³/mol. The number of aryl methyl sites for hydroxylation is 1. The molecule has 1 heterocycles. The third kappa shape index (κ3) is 3.03. The zero-order valence-corrected chi connectivity index (χ0v) is 16.6. The van der Waals surface area contributed by atoms with Crippen LogP contribution in [0.2, 0.25) is 0 Å². The first kappa shape index (κ1) is 17.4. The number of hydrogen-bond donors (Lipinski definition) is 0. The van der Waals surface area contributed by atoms with E-state index in [1.54, 1.807) is 0 Å². The normalized spacial score (nSPS) is 11.7. The third-order valence-corrected chi connectivity index (χ3v) is 5.66. The molecule has 0 unspecified atom stereocenters. The summed E-state index contributed by atoms with van der Waals surface area (Å²) in [6.45, 7) is 4.25. The number of aromatic nitrogens is 1. The van der Waals surface area contributed by atoms with Gasteiger partial charge >= 0.3 is 0 Å². The molecule has 0 N–H and O–H groups in total. The zero-order chi connectivity index (χ0) is 19.8. The summed E-state index contributed by atoms with van der Waals surface area (Å²) in [5, 5.41) is 9.74. The molecule has 2 nitrogen and oxygen atoms in total. The van der Waals surface area contributed by atoms with Crippen molar-refractivity contribution in [2.75, 3.05) is 0 Å². The van der Waals surface area contributed by atoms with E-state index in [0.29, 0.717) is 0 Å². The van der Waals surface area contributed by atoms with Gasteiger partial charge in [-0.05, 0) is 75.8 Å². The van der Waals surface area contributed by atoms with Crippen LogP contribution in [0.3, 0.4) is 0 Å². The number of hydrogen-bond acceptors (Lipinski definition) is 1. The van der Waals surface area contributed by atoms with Gasteiger partial charge in [0.25, 0.3) is 0 Å². The molecule has 4 aromatic carbocycles. The minimum atomic E-state index is 1.12. The SMILES string of the molecule is Cc1c(/C=N/n2cccc2C)cccc1-c1c2ccccc2cc2ccccc12. The predicted octanol–water partition coefficient (Wildman–Crippen LogP) is 6.96.